The Labute approximate surface area is 127 Å². The van der Waals surface area contributed by atoms with Crippen LogP contribution in [0.1, 0.15) is 18.4 Å². The molecule has 0 radical (unpaired) electrons. The van der Waals surface area contributed by atoms with Gasteiger partial charge in [0.15, 0.2) is 0 Å². The number of aliphatic carboxylic acids is 1. The Kier molecular flexibility index (Phi) is 4.59. The minimum atomic E-state index is -3.77. The van der Waals surface area contributed by atoms with Crippen molar-refractivity contribution in [3.05, 3.63) is 33.8 Å². The molecule has 20 heavy (non-hydrogen) atoms. The molecule has 110 valence electrons. The summed E-state index contributed by atoms with van der Waals surface area (Å²) < 4.78 is 25.8. The Bertz CT molecular complexity index is 612. The van der Waals surface area contributed by atoms with Crippen LogP contribution >= 0.6 is 23.2 Å². The van der Waals surface area contributed by atoms with Crippen molar-refractivity contribution in [2.75, 3.05) is 6.54 Å². The third-order valence-electron chi connectivity index (χ3n) is 3.23. The highest BCUT2D eigenvalue weighted by atomic mass is 35.5. The third-order valence-corrected chi connectivity index (χ3v) is 5.75. The number of hydrogen-bond acceptors (Lipinski definition) is 3. The Morgan fingerprint density at radius 2 is 1.95 bits per heavy atom. The van der Waals surface area contributed by atoms with E-state index < -0.39 is 27.8 Å². The maximum absolute atomic E-state index is 12.4. The van der Waals surface area contributed by atoms with Gasteiger partial charge in [-0.3, -0.25) is 4.79 Å². The van der Waals surface area contributed by atoms with Gasteiger partial charge in [0.05, 0.1) is 5.75 Å². The highest BCUT2D eigenvalue weighted by molar-refractivity contribution is 7.88. The van der Waals surface area contributed by atoms with Crippen LogP contribution in [0.5, 0.6) is 0 Å². The largest absolute Gasteiger partial charge is 0.480 e. The van der Waals surface area contributed by atoms with E-state index in [-0.39, 0.29) is 16.6 Å². The summed E-state index contributed by atoms with van der Waals surface area (Å²) in [4.78, 5) is 11.1. The van der Waals surface area contributed by atoms with Crippen LogP contribution in [0.4, 0.5) is 0 Å². The number of carbonyl (C=O) groups is 1. The van der Waals surface area contributed by atoms with E-state index in [1.165, 1.54) is 0 Å². The van der Waals surface area contributed by atoms with Gasteiger partial charge in [0.25, 0.3) is 0 Å². The zero-order valence-corrected chi connectivity index (χ0v) is 12.7. The molecule has 1 unspecified atom stereocenters. The fourth-order valence-corrected chi connectivity index (χ4v) is 4.78. The lowest BCUT2D eigenvalue weighted by atomic mass is 10.2. The average molecular weight is 338 g/mol. The van der Waals surface area contributed by atoms with E-state index in [1.807, 2.05) is 0 Å². The van der Waals surface area contributed by atoms with E-state index in [4.69, 9.17) is 28.3 Å². The monoisotopic (exact) mass is 337 g/mol. The van der Waals surface area contributed by atoms with Crippen molar-refractivity contribution < 1.29 is 18.3 Å². The van der Waals surface area contributed by atoms with Gasteiger partial charge in [-0.1, -0.05) is 29.3 Å². The first-order chi connectivity index (χ1) is 9.33. The molecule has 0 aromatic heterocycles. The molecular formula is C12H13Cl2NO4S. The topological polar surface area (TPSA) is 74.7 Å². The fourth-order valence-electron chi connectivity index (χ4n) is 2.26. The average Bonchev–Trinajstić information content (AvgIpc) is 2.84. The van der Waals surface area contributed by atoms with Gasteiger partial charge in [0, 0.05) is 22.2 Å². The molecule has 1 aromatic carbocycles. The van der Waals surface area contributed by atoms with E-state index in [0.717, 1.165) is 4.31 Å². The maximum atomic E-state index is 12.4. The minimum Gasteiger partial charge on any atom is -0.480 e. The molecule has 1 saturated heterocycles. The number of sulfonamides is 1. The second-order valence-corrected chi connectivity index (χ2v) is 7.30. The van der Waals surface area contributed by atoms with E-state index in [1.54, 1.807) is 18.2 Å². The van der Waals surface area contributed by atoms with Crippen molar-refractivity contribution in [1.29, 1.82) is 0 Å². The predicted molar refractivity (Wildman–Crippen MR) is 76.4 cm³/mol. The number of hydrogen-bond donors (Lipinski definition) is 1. The summed E-state index contributed by atoms with van der Waals surface area (Å²) in [6, 6.07) is 3.73. The van der Waals surface area contributed by atoms with Gasteiger partial charge < -0.3 is 5.11 Å². The van der Waals surface area contributed by atoms with Gasteiger partial charge in [0.1, 0.15) is 6.04 Å². The summed E-state index contributed by atoms with van der Waals surface area (Å²) in [5.74, 6) is -1.52. The number of halogens is 2. The fraction of sp³-hybridized carbons (Fsp3) is 0.417. The number of carboxylic acids is 1. The molecule has 0 aliphatic carbocycles. The van der Waals surface area contributed by atoms with Crippen LogP contribution in [0.2, 0.25) is 10.0 Å². The van der Waals surface area contributed by atoms with Crippen LogP contribution in [0.15, 0.2) is 18.2 Å². The first-order valence-corrected chi connectivity index (χ1v) is 8.34. The molecule has 1 aliphatic heterocycles. The molecular weight excluding hydrogens is 325 g/mol. The molecule has 1 aliphatic rings. The number of benzene rings is 1. The molecule has 2 rings (SSSR count). The lowest BCUT2D eigenvalue weighted by Gasteiger charge is -2.21. The van der Waals surface area contributed by atoms with Crippen molar-refractivity contribution in [2.24, 2.45) is 0 Å². The van der Waals surface area contributed by atoms with Crippen LogP contribution in [0.3, 0.4) is 0 Å². The lowest BCUT2D eigenvalue weighted by molar-refractivity contribution is -0.140. The van der Waals surface area contributed by atoms with Crippen molar-refractivity contribution in [3.63, 3.8) is 0 Å². The standard InChI is InChI=1S/C12H13Cl2NO4S/c13-9-3-1-4-10(14)8(9)7-20(18,19)15-6-2-5-11(15)12(16)17/h1,3-4,11H,2,5-7H2,(H,16,17). The summed E-state index contributed by atoms with van der Waals surface area (Å²) >= 11 is 11.9. The van der Waals surface area contributed by atoms with E-state index >= 15 is 0 Å². The number of nitrogens with zero attached hydrogens (tertiary/aromatic N) is 1. The minimum absolute atomic E-state index is 0.210. The molecule has 8 heteroatoms. The van der Waals surface area contributed by atoms with Crippen LogP contribution in [0, 0.1) is 0 Å². The quantitative estimate of drug-likeness (QED) is 0.915. The molecule has 1 heterocycles. The van der Waals surface area contributed by atoms with Gasteiger partial charge in [0.2, 0.25) is 10.0 Å². The Balaban J connectivity index is 2.30. The molecule has 0 saturated carbocycles. The smallest absolute Gasteiger partial charge is 0.322 e. The molecule has 0 bridgehead atoms. The van der Waals surface area contributed by atoms with Crippen molar-refractivity contribution in [1.82, 2.24) is 4.31 Å². The van der Waals surface area contributed by atoms with E-state index in [2.05, 4.69) is 0 Å². The maximum Gasteiger partial charge on any atom is 0.322 e. The number of rotatable bonds is 4. The van der Waals surface area contributed by atoms with Gasteiger partial charge in [-0.2, -0.15) is 4.31 Å². The molecule has 1 N–H and O–H groups in total. The van der Waals surface area contributed by atoms with Crippen LogP contribution in [0.25, 0.3) is 0 Å². The summed E-state index contributed by atoms with van der Waals surface area (Å²) in [7, 11) is -3.77. The summed E-state index contributed by atoms with van der Waals surface area (Å²) in [6.07, 6.45) is 0.858. The predicted octanol–water partition coefficient (Wildman–Crippen LogP) is 2.37. The van der Waals surface area contributed by atoms with Crippen LogP contribution < -0.4 is 0 Å². The Morgan fingerprint density at radius 3 is 2.50 bits per heavy atom. The highest BCUT2D eigenvalue weighted by Gasteiger charge is 2.38. The molecule has 5 nitrogen and oxygen atoms in total. The van der Waals surface area contributed by atoms with Gasteiger partial charge >= 0.3 is 5.97 Å². The van der Waals surface area contributed by atoms with Crippen molar-refractivity contribution in [2.45, 2.75) is 24.6 Å². The van der Waals surface area contributed by atoms with E-state index in [0.29, 0.717) is 18.4 Å². The lowest BCUT2D eigenvalue weighted by Crippen LogP contribution is -2.41. The molecule has 1 aromatic rings. The second kappa shape index (κ2) is 5.89. The van der Waals surface area contributed by atoms with Gasteiger partial charge in [-0.05, 0) is 25.0 Å². The van der Waals surface area contributed by atoms with Gasteiger partial charge in [-0.25, -0.2) is 8.42 Å². The molecule has 1 atom stereocenters. The first kappa shape index (κ1) is 15.6. The molecule has 1 fully saturated rings. The number of carboxylic acid groups (broad SMARTS) is 1. The zero-order valence-electron chi connectivity index (χ0n) is 10.4. The highest BCUT2D eigenvalue weighted by Crippen LogP contribution is 2.29. The summed E-state index contributed by atoms with van der Waals surface area (Å²) in [5.41, 5.74) is 0.298. The molecule has 0 spiro atoms. The summed E-state index contributed by atoms with van der Waals surface area (Å²) in [6.45, 7) is 0.210. The second-order valence-electron chi connectivity index (χ2n) is 4.56. The Morgan fingerprint density at radius 1 is 1.35 bits per heavy atom. The Hall–Kier alpha value is -0.820. The summed E-state index contributed by atoms with van der Waals surface area (Å²) in [5, 5.41) is 9.58. The van der Waals surface area contributed by atoms with E-state index in [9.17, 15) is 13.2 Å². The SMILES string of the molecule is O=C(O)C1CCCN1S(=O)(=O)Cc1c(Cl)cccc1Cl. The first-order valence-electron chi connectivity index (χ1n) is 5.98. The molecule has 0 amide bonds. The van der Waals surface area contributed by atoms with Crippen LogP contribution in [-0.4, -0.2) is 36.4 Å². The normalized spacial score (nSPS) is 20.2. The van der Waals surface area contributed by atoms with Gasteiger partial charge in [-0.15, -0.1) is 0 Å². The zero-order chi connectivity index (χ0) is 14.9. The third kappa shape index (κ3) is 3.09. The van der Waals surface area contributed by atoms with Crippen LogP contribution in [-0.2, 0) is 20.6 Å². The van der Waals surface area contributed by atoms with Crippen molar-refractivity contribution >= 4 is 39.2 Å². The van der Waals surface area contributed by atoms with Crippen molar-refractivity contribution in [3.8, 4) is 0 Å².